The molecule has 0 N–H and O–H groups in total. The van der Waals surface area contributed by atoms with Gasteiger partial charge in [-0.25, -0.2) is 0 Å². The van der Waals surface area contributed by atoms with Crippen LogP contribution < -0.4 is 0 Å². The summed E-state index contributed by atoms with van der Waals surface area (Å²) in [6.07, 6.45) is 0. The molecule has 70 valence electrons. The summed E-state index contributed by atoms with van der Waals surface area (Å²) in [6, 6.07) is 6.35. The Bertz CT molecular complexity index is 302. The van der Waals surface area contributed by atoms with Crippen molar-refractivity contribution in [2.24, 2.45) is 0 Å². The molecule has 0 fully saturated rings. The van der Waals surface area contributed by atoms with Crippen LogP contribution in [-0.4, -0.2) is 0 Å². The van der Waals surface area contributed by atoms with Gasteiger partial charge in [0.15, 0.2) is 0 Å². The second-order valence-electron chi connectivity index (χ2n) is 2.93. The van der Waals surface area contributed by atoms with Crippen LogP contribution >= 0.6 is 22.1 Å². The Morgan fingerprint density at radius 3 is 2.54 bits per heavy atom. The quantitative estimate of drug-likeness (QED) is 0.487. The summed E-state index contributed by atoms with van der Waals surface area (Å²) in [5.74, 6) is 0. The van der Waals surface area contributed by atoms with E-state index in [0.717, 1.165) is 0 Å². The molecule has 0 amide bonds. The second kappa shape index (κ2) is 4.37. The maximum atomic E-state index is 5.31. The average molecular weight is 214 g/mol. The Labute approximate surface area is 85.8 Å². The molecule has 0 radical (unpaired) electrons. The predicted molar refractivity (Wildman–Crippen MR) is 55.9 cm³/mol. The normalized spacial score (nSPS) is 17.3. The standard InChI is InChI=1S/C9H10O2S2/c1-7-2-3-8-5-10-12-13-11-6-9(8)4-7/h2-4H,5-6H2,1H3. The SMILES string of the molecule is Cc1ccc2c(c1)COSSOC2. The first kappa shape index (κ1) is 9.40. The molecule has 2 rings (SSSR count). The Morgan fingerprint density at radius 2 is 1.77 bits per heavy atom. The van der Waals surface area contributed by atoms with E-state index < -0.39 is 0 Å². The Kier molecular flexibility index (Phi) is 3.16. The summed E-state index contributed by atoms with van der Waals surface area (Å²) < 4.78 is 10.6. The van der Waals surface area contributed by atoms with Gasteiger partial charge in [-0.3, -0.25) is 8.37 Å². The van der Waals surface area contributed by atoms with E-state index in [1.807, 2.05) is 0 Å². The van der Waals surface area contributed by atoms with Gasteiger partial charge in [0, 0.05) is 0 Å². The number of aryl methyl sites for hydroxylation is 1. The fourth-order valence-electron chi connectivity index (χ4n) is 1.24. The van der Waals surface area contributed by atoms with Gasteiger partial charge < -0.3 is 0 Å². The Morgan fingerprint density at radius 1 is 1.08 bits per heavy atom. The van der Waals surface area contributed by atoms with Gasteiger partial charge in [-0.05, 0) is 18.1 Å². The summed E-state index contributed by atoms with van der Waals surface area (Å²) in [4.78, 5) is 0. The van der Waals surface area contributed by atoms with E-state index in [4.69, 9.17) is 8.37 Å². The molecule has 0 atom stereocenters. The van der Waals surface area contributed by atoms with Gasteiger partial charge in [0.05, 0.1) is 35.4 Å². The van der Waals surface area contributed by atoms with Crippen LogP contribution in [0.5, 0.6) is 0 Å². The third kappa shape index (κ3) is 2.40. The molecule has 0 aromatic heterocycles. The maximum absolute atomic E-state index is 5.31. The molecule has 0 saturated carbocycles. The molecule has 4 heteroatoms. The van der Waals surface area contributed by atoms with E-state index in [0.29, 0.717) is 13.2 Å². The Hall–Kier alpha value is -0.160. The van der Waals surface area contributed by atoms with Crippen molar-refractivity contribution in [2.45, 2.75) is 20.1 Å². The highest BCUT2D eigenvalue weighted by atomic mass is 33.1. The molecule has 0 aliphatic carbocycles. The zero-order chi connectivity index (χ0) is 9.10. The molecule has 1 aromatic rings. The lowest BCUT2D eigenvalue weighted by Gasteiger charge is -2.13. The van der Waals surface area contributed by atoms with E-state index in [1.165, 1.54) is 38.8 Å². The summed E-state index contributed by atoms with van der Waals surface area (Å²) in [5.41, 5.74) is 3.71. The van der Waals surface area contributed by atoms with Gasteiger partial charge in [-0.2, -0.15) is 0 Å². The zero-order valence-electron chi connectivity index (χ0n) is 7.28. The fourth-order valence-corrected chi connectivity index (χ4v) is 2.20. The minimum atomic E-state index is 0.663. The van der Waals surface area contributed by atoms with Gasteiger partial charge in [-0.15, -0.1) is 0 Å². The lowest BCUT2D eigenvalue weighted by Crippen LogP contribution is -1.98. The molecule has 0 bridgehead atoms. The first-order valence-corrected chi connectivity index (χ1v) is 6.02. The summed E-state index contributed by atoms with van der Waals surface area (Å²) in [5, 5.41) is 0. The first-order valence-electron chi connectivity index (χ1n) is 4.02. The molecule has 1 aliphatic rings. The van der Waals surface area contributed by atoms with Gasteiger partial charge in [-0.1, -0.05) is 23.8 Å². The molecule has 0 saturated heterocycles. The maximum Gasteiger partial charge on any atom is 0.0928 e. The van der Waals surface area contributed by atoms with Crippen molar-refractivity contribution in [3.05, 3.63) is 34.9 Å². The zero-order valence-corrected chi connectivity index (χ0v) is 8.91. The minimum Gasteiger partial charge on any atom is -0.299 e. The highest BCUT2D eigenvalue weighted by Gasteiger charge is 2.07. The number of rotatable bonds is 0. The molecule has 0 spiro atoms. The average Bonchev–Trinajstić information content (AvgIpc) is 2.08. The van der Waals surface area contributed by atoms with E-state index >= 15 is 0 Å². The van der Waals surface area contributed by atoms with Crippen LogP contribution in [0.2, 0.25) is 0 Å². The third-order valence-electron chi connectivity index (χ3n) is 1.91. The molecule has 1 heterocycles. The topological polar surface area (TPSA) is 18.5 Å². The van der Waals surface area contributed by atoms with Gasteiger partial charge in [0.2, 0.25) is 0 Å². The van der Waals surface area contributed by atoms with E-state index in [9.17, 15) is 0 Å². The van der Waals surface area contributed by atoms with E-state index in [2.05, 4.69) is 25.1 Å². The number of hydrogen-bond donors (Lipinski definition) is 0. The lowest BCUT2D eigenvalue weighted by molar-refractivity contribution is 0.332. The molecule has 1 aromatic carbocycles. The molecular formula is C9H10O2S2. The molecule has 0 unspecified atom stereocenters. The third-order valence-corrected chi connectivity index (χ3v) is 3.14. The smallest absolute Gasteiger partial charge is 0.0928 e. The lowest BCUT2D eigenvalue weighted by atomic mass is 10.1. The van der Waals surface area contributed by atoms with E-state index in [-0.39, 0.29) is 0 Å². The van der Waals surface area contributed by atoms with Crippen molar-refractivity contribution < 1.29 is 8.37 Å². The summed E-state index contributed by atoms with van der Waals surface area (Å²) >= 11 is 2.58. The molecule has 2 nitrogen and oxygen atoms in total. The van der Waals surface area contributed by atoms with Crippen LogP contribution in [0, 0.1) is 6.92 Å². The predicted octanol–water partition coefficient (Wildman–Crippen LogP) is 3.25. The molecular weight excluding hydrogens is 204 g/mol. The summed E-state index contributed by atoms with van der Waals surface area (Å²) in [6.45, 7) is 3.41. The van der Waals surface area contributed by atoms with Crippen LogP contribution in [0.3, 0.4) is 0 Å². The van der Waals surface area contributed by atoms with Gasteiger partial charge >= 0.3 is 0 Å². The Balaban J connectivity index is 2.28. The number of benzene rings is 1. The summed E-state index contributed by atoms with van der Waals surface area (Å²) in [7, 11) is 0. The fraction of sp³-hybridized carbons (Fsp3) is 0.333. The van der Waals surface area contributed by atoms with Crippen molar-refractivity contribution in [2.75, 3.05) is 0 Å². The number of fused-ring (bicyclic) bond motifs is 1. The van der Waals surface area contributed by atoms with Crippen molar-refractivity contribution in [1.82, 2.24) is 0 Å². The number of hydrogen-bond acceptors (Lipinski definition) is 4. The van der Waals surface area contributed by atoms with Crippen LogP contribution in [0.25, 0.3) is 0 Å². The minimum absolute atomic E-state index is 0.663. The van der Waals surface area contributed by atoms with Crippen LogP contribution in [0.4, 0.5) is 0 Å². The van der Waals surface area contributed by atoms with Crippen LogP contribution in [-0.2, 0) is 21.6 Å². The van der Waals surface area contributed by atoms with Crippen LogP contribution in [0.15, 0.2) is 18.2 Å². The highest BCUT2D eigenvalue weighted by molar-refractivity contribution is 8.73. The molecule has 1 aliphatic heterocycles. The van der Waals surface area contributed by atoms with Crippen molar-refractivity contribution in [3.8, 4) is 0 Å². The highest BCUT2D eigenvalue weighted by Crippen LogP contribution is 2.30. The van der Waals surface area contributed by atoms with Crippen molar-refractivity contribution in [1.29, 1.82) is 0 Å². The van der Waals surface area contributed by atoms with E-state index in [1.54, 1.807) is 0 Å². The first-order chi connectivity index (χ1) is 6.36. The van der Waals surface area contributed by atoms with Gasteiger partial charge in [0.1, 0.15) is 0 Å². The second-order valence-corrected chi connectivity index (χ2v) is 4.49. The molecule has 13 heavy (non-hydrogen) atoms. The van der Waals surface area contributed by atoms with Crippen molar-refractivity contribution >= 4 is 22.1 Å². The van der Waals surface area contributed by atoms with Crippen molar-refractivity contribution in [3.63, 3.8) is 0 Å². The van der Waals surface area contributed by atoms with Crippen LogP contribution in [0.1, 0.15) is 16.7 Å². The monoisotopic (exact) mass is 214 g/mol. The van der Waals surface area contributed by atoms with Gasteiger partial charge in [0.25, 0.3) is 0 Å². The largest absolute Gasteiger partial charge is 0.299 e.